The van der Waals surface area contributed by atoms with Gasteiger partial charge in [-0.3, -0.25) is 0 Å². The zero-order chi connectivity index (χ0) is 12.3. The summed E-state index contributed by atoms with van der Waals surface area (Å²) in [4.78, 5) is 10.7. The lowest BCUT2D eigenvalue weighted by Crippen LogP contribution is -2.16. The van der Waals surface area contributed by atoms with Gasteiger partial charge in [0.25, 0.3) is 0 Å². The summed E-state index contributed by atoms with van der Waals surface area (Å²) < 4.78 is 5.60. The first-order valence-electron chi connectivity index (χ1n) is 6.07. The van der Waals surface area contributed by atoms with Crippen molar-refractivity contribution in [3.8, 4) is 5.88 Å². The molecule has 0 atom stereocenters. The van der Waals surface area contributed by atoms with Crippen LogP contribution in [0.15, 0.2) is 6.07 Å². The second-order valence-corrected chi connectivity index (χ2v) is 4.77. The molecule has 0 aliphatic heterocycles. The lowest BCUT2D eigenvalue weighted by atomic mass is 10.4. The Kier molecular flexibility index (Phi) is 3.78. The van der Waals surface area contributed by atoms with Crippen molar-refractivity contribution in [3.05, 3.63) is 11.9 Å². The number of nitrogen functional groups attached to an aromatic ring is 1. The third-order valence-corrected chi connectivity index (χ3v) is 2.68. The number of ether oxygens (including phenoxy) is 1. The van der Waals surface area contributed by atoms with Crippen molar-refractivity contribution in [2.24, 2.45) is 0 Å². The SMILES string of the molecule is CN(C)CCCOc1cc(N)nc(C2CC2)n1. The molecule has 0 aromatic carbocycles. The van der Waals surface area contributed by atoms with Crippen LogP contribution in [-0.4, -0.2) is 42.1 Å². The van der Waals surface area contributed by atoms with Gasteiger partial charge in [0.2, 0.25) is 5.88 Å². The predicted octanol–water partition coefficient (Wildman–Crippen LogP) is 1.27. The highest BCUT2D eigenvalue weighted by Gasteiger charge is 2.27. The number of nitrogens with two attached hydrogens (primary N) is 1. The fraction of sp³-hybridized carbons (Fsp3) is 0.667. The summed E-state index contributed by atoms with van der Waals surface area (Å²) in [5.41, 5.74) is 5.74. The highest BCUT2D eigenvalue weighted by Crippen LogP contribution is 2.38. The third-order valence-electron chi connectivity index (χ3n) is 2.68. The first-order valence-corrected chi connectivity index (χ1v) is 6.07. The monoisotopic (exact) mass is 236 g/mol. The summed E-state index contributed by atoms with van der Waals surface area (Å²) in [5.74, 6) is 2.46. The average molecular weight is 236 g/mol. The van der Waals surface area contributed by atoms with E-state index in [4.69, 9.17) is 10.5 Å². The molecule has 0 bridgehead atoms. The van der Waals surface area contributed by atoms with E-state index in [1.807, 2.05) is 14.1 Å². The Morgan fingerprint density at radius 1 is 1.41 bits per heavy atom. The Morgan fingerprint density at radius 2 is 2.18 bits per heavy atom. The van der Waals surface area contributed by atoms with Crippen molar-refractivity contribution in [3.63, 3.8) is 0 Å². The van der Waals surface area contributed by atoms with Crippen LogP contribution in [0, 0.1) is 0 Å². The summed E-state index contributed by atoms with van der Waals surface area (Å²) in [6, 6.07) is 1.70. The molecule has 0 saturated heterocycles. The lowest BCUT2D eigenvalue weighted by Gasteiger charge is -2.10. The van der Waals surface area contributed by atoms with Crippen molar-refractivity contribution in [2.45, 2.75) is 25.2 Å². The lowest BCUT2D eigenvalue weighted by molar-refractivity contribution is 0.272. The van der Waals surface area contributed by atoms with E-state index in [1.165, 1.54) is 12.8 Å². The van der Waals surface area contributed by atoms with E-state index in [0.29, 0.717) is 24.2 Å². The fourth-order valence-electron chi connectivity index (χ4n) is 1.62. The first-order chi connectivity index (χ1) is 8.15. The topological polar surface area (TPSA) is 64.3 Å². The van der Waals surface area contributed by atoms with Crippen LogP contribution in [0.5, 0.6) is 5.88 Å². The van der Waals surface area contributed by atoms with E-state index in [0.717, 1.165) is 18.8 Å². The number of hydrogen-bond donors (Lipinski definition) is 1. The zero-order valence-electron chi connectivity index (χ0n) is 10.5. The first kappa shape index (κ1) is 12.1. The highest BCUT2D eigenvalue weighted by molar-refractivity contribution is 5.34. The number of hydrogen-bond acceptors (Lipinski definition) is 5. The van der Waals surface area contributed by atoms with Crippen molar-refractivity contribution in [1.29, 1.82) is 0 Å². The second-order valence-electron chi connectivity index (χ2n) is 4.77. The molecular formula is C12H20N4O. The summed E-state index contributed by atoms with van der Waals surface area (Å²) in [6.07, 6.45) is 3.32. The van der Waals surface area contributed by atoms with Gasteiger partial charge in [-0.25, -0.2) is 4.98 Å². The minimum absolute atomic E-state index is 0.502. The maximum atomic E-state index is 5.74. The third kappa shape index (κ3) is 3.85. The Labute approximate surface area is 102 Å². The van der Waals surface area contributed by atoms with E-state index in [9.17, 15) is 0 Å². The van der Waals surface area contributed by atoms with Gasteiger partial charge in [-0.2, -0.15) is 4.98 Å². The van der Waals surface area contributed by atoms with Gasteiger partial charge < -0.3 is 15.4 Å². The molecule has 2 rings (SSSR count). The molecule has 0 amide bonds. The molecule has 5 heteroatoms. The van der Waals surface area contributed by atoms with E-state index >= 15 is 0 Å². The van der Waals surface area contributed by atoms with E-state index < -0.39 is 0 Å². The predicted molar refractivity (Wildman–Crippen MR) is 67.1 cm³/mol. The quantitative estimate of drug-likeness (QED) is 0.753. The minimum atomic E-state index is 0.502. The Morgan fingerprint density at radius 3 is 2.82 bits per heavy atom. The molecule has 94 valence electrons. The summed E-state index contributed by atoms with van der Waals surface area (Å²) in [7, 11) is 4.10. The molecule has 1 saturated carbocycles. The maximum Gasteiger partial charge on any atom is 0.218 e. The Balaban J connectivity index is 1.87. The van der Waals surface area contributed by atoms with Gasteiger partial charge in [0, 0.05) is 18.5 Å². The van der Waals surface area contributed by atoms with Crippen molar-refractivity contribution >= 4 is 5.82 Å². The van der Waals surface area contributed by atoms with Gasteiger partial charge in [0.15, 0.2) is 0 Å². The van der Waals surface area contributed by atoms with Crippen LogP contribution in [0.1, 0.15) is 31.0 Å². The molecule has 0 spiro atoms. The molecular weight excluding hydrogens is 216 g/mol. The zero-order valence-corrected chi connectivity index (χ0v) is 10.5. The normalized spacial score (nSPS) is 15.2. The molecule has 5 nitrogen and oxygen atoms in total. The van der Waals surface area contributed by atoms with Crippen LogP contribution >= 0.6 is 0 Å². The van der Waals surface area contributed by atoms with Crippen molar-refractivity contribution in [1.82, 2.24) is 14.9 Å². The summed E-state index contributed by atoms with van der Waals surface area (Å²) in [6.45, 7) is 1.68. The molecule has 1 aliphatic rings. The number of nitrogens with zero attached hydrogens (tertiary/aromatic N) is 3. The van der Waals surface area contributed by atoms with Gasteiger partial charge in [0.1, 0.15) is 11.6 Å². The van der Waals surface area contributed by atoms with Crippen LogP contribution in [0.2, 0.25) is 0 Å². The van der Waals surface area contributed by atoms with Crippen LogP contribution in [0.25, 0.3) is 0 Å². The number of rotatable bonds is 6. The minimum Gasteiger partial charge on any atom is -0.477 e. The van der Waals surface area contributed by atoms with Gasteiger partial charge in [0.05, 0.1) is 6.61 Å². The van der Waals surface area contributed by atoms with E-state index in [1.54, 1.807) is 6.07 Å². The van der Waals surface area contributed by atoms with Crippen LogP contribution in [0.4, 0.5) is 5.82 Å². The van der Waals surface area contributed by atoms with E-state index in [-0.39, 0.29) is 0 Å². The van der Waals surface area contributed by atoms with Crippen LogP contribution in [-0.2, 0) is 0 Å². The van der Waals surface area contributed by atoms with Gasteiger partial charge in [-0.15, -0.1) is 0 Å². The molecule has 1 heterocycles. The van der Waals surface area contributed by atoms with Crippen molar-refractivity contribution in [2.75, 3.05) is 33.0 Å². The fourth-order valence-corrected chi connectivity index (χ4v) is 1.62. The molecule has 1 aromatic heterocycles. The van der Waals surface area contributed by atoms with Crippen molar-refractivity contribution < 1.29 is 4.74 Å². The Bertz CT molecular complexity index is 377. The largest absolute Gasteiger partial charge is 0.477 e. The molecule has 1 aliphatic carbocycles. The number of anilines is 1. The Hall–Kier alpha value is -1.36. The van der Waals surface area contributed by atoms with E-state index in [2.05, 4.69) is 14.9 Å². The smallest absolute Gasteiger partial charge is 0.218 e. The molecule has 1 aromatic rings. The van der Waals surface area contributed by atoms with Crippen LogP contribution < -0.4 is 10.5 Å². The second kappa shape index (κ2) is 5.31. The van der Waals surface area contributed by atoms with Gasteiger partial charge >= 0.3 is 0 Å². The maximum absolute atomic E-state index is 5.74. The molecule has 1 fully saturated rings. The highest BCUT2D eigenvalue weighted by atomic mass is 16.5. The standard InChI is InChI=1S/C12H20N4O/c1-16(2)6-3-7-17-11-8-10(13)14-12(15-11)9-4-5-9/h8-9H,3-7H2,1-2H3,(H2,13,14,15). The molecule has 17 heavy (non-hydrogen) atoms. The average Bonchev–Trinajstić information content (AvgIpc) is 3.07. The molecule has 2 N–H and O–H groups in total. The van der Waals surface area contributed by atoms with Crippen LogP contribution in [0.3, 0.4) is 0 Å². The summed E-state index contributed by atoms with van der Waals surface area (Å²) in [5, 5.41) is 0. The van der Waals surface area contributed by atoms with Gasteiger partial charge in [-0.05, 0) is 33.4 Å². The molecule has 0 unspecified atom stereocenters. The molecule has 0 radical (unpaired) electrons. The number of aromatic nitrogens is 2. The van der Waals surface area contributed by atoms with Gasteiger partial charge in [-0.1, -0.05) is 0 Å². The summed E-state index contributed by atoms with van der Waals surface area (Å²) >= 11 is 0.